The highest BCUT2D eigenvalue weighted by molar-refractivity contribution is 7.88. The van der Waals surface area contributed by atoms with Crippen molar-refractivity contribution in [1.29, 1.82) is 0 Å². The van der Waals surface area contributed by atoms with Gasteiger partial charge in [0.05, 0.1) is 6.26 Å². The van der Waals surface area contributed by atoms with Crippen molar-refractivity contribution < 1.29 is 8.42 Å². The van der Waals surface area contributed by atoms with Crippen LogP contribution in [0.4, 0.5) is 0 Å². The van der Waals surface area contributed by atoms with Crippen LogP contribution in [0.3, 0.4) is 0 Å². The fourth-order valence-electron chi connectivity index (χ4n) is 1.13. The van der Waals surface area contributed by atoms with E-state index in [9.17, 15) is 8.42 Å². The Morgan fingerprint density at radius 1 is 1.23 bits per heavy atom. The number of sulfonamides is 1. The average Bonchev–Trinajstić information content (AvgIpc) is 2.03. The summed E-state index contributed by atoms with van der Waals surface area (Å²) in [5.74, 6) is 0. The Labute approximate surface area is 78.8 Å². The van der Waals surface area contributed by atoms with Crippen LogP contribution in [0.15, 0.2) is 30.3 Å². The van der Waals surface area contributed by atoms with Gasteiger partial charge in [0.2, 0.25) is 10.0 Å². The molecule has 0 heterocycles. The summed E-state index contributed by atoms with van der Waals surface area (Å²) in [6.07, 6.45) is 1.16. The van der Waals surface area contributed by atoms with Crippen molar-refractivity contribution in [2.75, 3.05) is 6.26 Å². The van der Waals surface area contributed by atoms with Crippen LogP contribution in [-0.4, -0.2) is 14.7 Å². The molecule has 0 aliphatic heterocycles. The average molecular weight is 199 g/mol. The first-order valence-electron chi connectivity index (χ1n) is 4.01. The van der Waals surface area contributed by atoms with Crippen molar-refractivity contribution in [3.63, 3.8) is 0 Å². The van der Waals surface area contributed by atoms with Crippen LogP contribution >= 0.6 is 0 Å². The van der Waals surface area contributed by atoms with E-state index in [1.54, 1.807) is 0 Å². The monoisotopic (exact) mass is 199 g/mol. The van der Waals surface area contributed by atoms with Gasteiger partial charge in [0.15, 0.2) is 0 Å². The van der Waals surface area contributed by atoms with Crippen molar-refractivity contribution in [3.05, 3.63) is 35.9 Å². The molecule has 0 saturated heterocycles. The minimum absolute atomic E-state index is 0.170. The second-order valence-corrected chi connectivity index (χ2v) is 4.80. The molecule has 0 aliphatic rings. The number of hydrogen-bond acceptors (Lipinski definition) is 2. The number of nitrogens with one attached hydrogen (secondary N) is 1. The highest BCUT2D eigenvalue weighted by Crippen LogP contribution is 2.11. The van der Waals surface area contributed by atoms with E-state index in [0.717, 1.165) is 11.8 Å². The molecule has 0 aromatic heterocycles. The molecule has 1 rings (SSSR count). The number of hydrogen-bond donors (Lipinski definition) is 1. The molecule has 1 atom stereocenters. The Morgan fingerprint density at radius 2 is 1.77 bits per heavy atom. The summed E-state index contributed by atoms with van der Waals surface area (Å²) in [7, 11) is -3.12. The van der Waals surface area contributed by atoms with Crippen molar-refractivity contribution in [2.45, 2.75) is 13.0 Å². The Kier molecular flexibility index (Phi) is 3.06. The zero-order valence-electron chi connectivity index (χ0n) is 7.69. The zero-order valence-corrected chi connectivity index (χ0v) is 8.51. The third-order valence-electron chi connectivity index (χ3n) is 1.69. The molecule has 1 aromatic rings. The maximum Gasteiger partial charge on any atom is 0.209 e. The molecule has 0 aliphatic carbocycles. The van der Waals surface area contributed by atoms with Gasteiger partial charge in [0, 0.05) is 6.04 Å². The van der Waals surface area contributed by atoms with Crippen LogP contribution in [0.2, 0.25) is 0 Å². The smallest absolute Gasteiger partial charge is 0.209 e. The maximum atomic E-state index is 10.9. The van der Waals surface area contributed by atoms with Gasteiger partial charge in [-0.05, 0) is 12.5 Å². The molecule has 0 unspecified atom stereocenters. The maximum absolute atomic E-state index is 10.9. The Bertz CT molecular complexity index is 358. The van der Waals surface area contributed by atoms with Crippen LogP contribution in [0.25, 0.3) is 0 Å². The predicted molar refractivity (Wildman–Crippen MR) is 52.8 cm³/mol. The topological polar surface area (TPSA) is 46.2 Å². The fourth-order valence-corrected chi connectivity index (χ4v) is 1.91. The molecule has 0 saturated carbocycles. The molecule has 0 bridgehead atoms. The lowest BCUT2D eigenvalue weighted by atomic mass is 10.1. The molecule has 13 heavy (non-hydrogen) atoms. The molecule has 0 fully saturated rings. The van der Waals surface area contributed by atoms with Gasteiger partial charge in [-0.25, -0.2) is 13.1 Å². The Hall–Kier alpha value is -0.870. The van der Waals surface area contributed by atoms with E-state index < -0.39 is 10.0 Å². The van der Waals surface area contributed by atoms with E-state index in [4.69, 9.17) is 0 Å². The molecule has 1 N–H and O–H groups in total. The van der Waals surface area contributed by atoms with Gasteiger partial charge in [0.25, 0.3) is 0 Å². The first kappa shape index (κ1) is 10.2. The summed E-state index contributed by atoms with van der Waals surface area (Å²) in [5, 5.41) is 0. The summed E-state index contributed by atoms with van der Waals surface area (Å²) in [5.41, 5.74) is 0.966. The summed E-state index contributed by atoms with van der Waals surface area (Å²) in [6, 6.07) is 9.28. The van der Waals surface area contributed by atoms with Gasteiger partial charge in [-0.1, -0.05) is 30.3 Å². The quantitative estimate of drug-likeness (QED) is 0.797. The van der Waals surface area contributed by atoms with Gasteiger partial charge in [-0.3, -0.25) is 0 Å². The van der Waals surface area contributed by atoms with Crippen molar-refractivity contribution in [3.8, 4) is 0 Å². The summed E-state index contributed by atoms with van der Waals surface area (Å²) >= 11 is 0. The second-order valence-electron chi connectivity index (χ2n) is 3.02. The third-order valence-corrected chi connectivity index (χ3v) is 2.47. The van der Waals surface area contributed by atoms with Crippen molar-refractivity contribution in [1.82, 2.24) is 4.72 Å². The zero-order chi connectivity index (χ0) is 9.90. The van der Waals surface area contributed by atoms with E-state index in [2.05, 4.69) is 4.72 Å². The van der Waals surface area contributed by atoms with E-state index >= 15 is 0 Å². The first-order valence-corrected chi connectivity index (χ1v) is 5.90. The molecular formula is C9H13NO2S. The second kappa shape index (κ2) is 3.89. The fraction of sp³-hybridized carbons (Fsp3) is 0.333. The predicted octanol–water partition coefficient (Wildman–Crippen LogP) is 1.30. The highest BCUT2D eigenvalue weighted by atomic mass is 32.2. The minimum atomic E-state index is -3.12. The van der Waals surface area contributed by atoms with Gasteiger partial charge in [0.1, 0.15) is 0 Å². The van der Waals surface area contributed by atoms with E-state index in [1.807, 2.05) is 37.3 Å². The lowest BCUT2D eigenvalue weighted by Gasteiger charge is -2.11. The lowest BCUT2D eigenvalue weighted by Crippen LogP contribution is -2.25. The molecule has 0 amide bonds. The largest absolute Gasteiger partial charge is 0.213 e. The summed E-state index contributed by atoms with van der Waals surface area (Å²) in [4.78, 5) is 0. The molecule has 1 aromatic carbocycles. The van der Waals surface area contributed by atoms with Crippen LogP contribution in [0, 0.1) is 0 Å². The van der Waals surface area contributed by atoms with Gasteiger partial charge in [-0.2, -0.15) is 0 Å². The lowest BCUT2D eigenvalue weighted by molar-refractivity contribution is 0.573. The third kappa shape index (κ3) is 3.57. The summed E-state index contributed by atoms with van der Waals surface area (Å²) < 4.78 is 24.3. The molecule has 3 nitrogen and oxygen atoms in total. The van der Waals surface area contributed by atoms with Gasteiger partial charge >= 0.3 is 0 Å². The first-order chi connectivity index (χ1) is 5.99. The normalized spacial score (nSPS) is 14.0. The molecule has 72 valence electrons. The molecule has 0 radical (unpaired) electrons. The van der Waals surface area contributed by atoms with Gasteiger partial charge < -0.3 is 0 Å². The van der Waals surface area contributed by atoms with Gasteiger partial charge in [-0.15, -0.1) is 0 Å². The van der Waals surface area contributed by atoms with Crippen molar-refractivity contribution >= 4 is 10.0 Å². The van der Waals surface area contributed by atoms with Crippen LogP contribution < -0.4 is 4.72 Å². The van der Waals surface area contributed by atoms with Crippen LogP contribution in [-0.2, 0) is 10.0 Å². The molecule has 0 spiro atoms. The highest BCUT2D eigenvalue weighted by Gasteiger charge is 2.09. The molecule has 4 heteroatoms. The minimum Gasteiger partial charge on any atom is -0.213 e. The Morgan fingerprint density at radius 3 is 2.23 bits per heavy atom. The molecular weight excluding hydrogens is 186 g/mol. The standard InChI is InChI=1S/C9H13NO2S/c1-8(10-13(2,11)12)9-6-4-3-5-7-9/h3-8,10H,1-2H3/t8-/m1/s1. The SMILES string of the molecule is C[C@@H](NS(C)(=O)=O)c1ccccc1. The van der Waals surface area contributed by atoms with E-state index in [-0.39, 0.29) is 6.04 Å². The number of benzene rings is 1. The van der Waals surface area contributed by atoms with Crippen LogP contribution in [0.1, 0.15) is 18.5 Å². The van der Waals surface area contributed by atoms with E-state index in [1.165, 1.54) is 0 Å². The van der Waals surface area contributed by atoms with Crippen LogP contribution in [0.5, 0.6) is 0 Å². The Balaban J connectivity index is 2.76. The summed E-state index contributed by atoms with van der Waals surface area (Å²) in [6.45, 7) is 1.82. The van der Waals surface area contributed by atoms with Crippen molar-refractivity contribution in [2.24, 2.45) is 0 Å². The van der Waals surface area contributed by atoms with E-state index in [0.29, 0.717) is 0 Å². The number of rotatable bonds is 3.